The van der Waals surface area contributed by atoms with E-state index in [4.69, 9.17) is 4.74 Å². The van der Waals surface area contributed by atoms with Crippen LogP contribution in [-0.4, -0.2) is 43.1 Å². The highest BCUT2D eigenvalue weighted by atomic mass is 79.9. The van der Waals surface area contributed by atoms with Gasteiger partial charge in [-0.3, -0.25) is 4.90 Å². The lowest BCUT2D eigenvalue weighted by Gasteiger charge is -2.28. The van der Waals surface area contributed by atoms with Gasteiger partial charge in [0.1, 0.15) is 0 Å². The van der Waals surface area contributed by atoms with Crippen molar-refractivity contribution >= 4 is 15.9 Å². The minimum absolute atomic E-state index is 0.493. The molecular weight excluding hydrogens is 206 g/mol. The van der Waals surface area contributed by atoms with Crippen molar-refractivity contribution < 1.29 is 4.74 Å². The number of nitrogens with zero attached hydrogens (tertiary/aromatic N) is 1. The number of likely N-dealkylation sites (N-methyl/N-ethyl adjacent to an activating group) is 1. The molecule has 2 unspecified atom stereocenters. The van der Waals surface area contributed by atoms with Gasteiger partial charge in [0, 0.05) is 24.5 Å². The van der Waals surface area contributed by atoms with Gasteiger partial charge in [0.15, 0.2) is 0 Å². The fourth-order valence-corrected chi connectivity index (χ4v) is 1.36. The van der Waals surface area contributed by atoms with Gasteiger partial charge >= 0.3 is 0 Å². The molecule has 0 radical (unpaired) electrons. The zero-order valence-electron chi connectivity index (χ0n) is 7.80. The molecule has 0 saturated carbocycles. The first kappa shape index (κ1) is 11.4. The predicted molar refractivity (Wildman–Crippen MR) is 52.4 cm³/mol. The molecule has 0 bridgehead atoms. The van der Waals surface area contributed by atoms with Crippen LogP contribution in [0, 0.1) is 0 Å². The van der Waals surface area contributed by atoms with Gasteiger partial charge in [0.25, 0.3) is 0 Å². The SMILES string of the molecule is COCC(C)N(C)C(C)CBr. The molecule has 0 N–H and O–H groups in total. The first-order valence-electron chi connectivity index (χ1n) is 3.90. The van der Waals surface area contributed by atoms with Crippen molar-refractivity contribution in [3.8, 4) is 0 Å². The van der Waals surface area contributed by atoms with Gasteiger partial charge in [-0.1, -0.05) is 15.9 Å². The van der Waals surface area contributed by atoms with Crippen molar-refractivity contribution in [2.45, 2.75) is 25.9 Å². The molecule has 0 fully saturated rings. The monoisotopic (exact) mass is 223 g/mol. The van der Waals surface area contributed by atoms with E-state index in [0.717, 1.165) is 11.9 Å². The summed E-state index contributed by atoms with van der Waals surface area (Å²) in [6, 6.07) is 1.06. The molecule has 0 aliphatic rings. The van der Waals surface area contributed by atoms with E-state index in [1.807, 2.05) is 0 Å². The Labute approximate surface area is 78.0 Å². The van der Waals surface area contributed by atoms with Gasteiger partial charge in [-0.05, 0) is 20.9 Å². The minimum Gasteiger partial charge on any atom is -0.383 e. The first-order valence-corrected chi connectivity index (χ1v) is 5.02. The molecule has 0 aromatic rings. The number of halogens is 1. The summed E-state index contributed by atoms with van der Waals surface area (Å²) in [6.07, 6.45) is 0. The van der Waals surface area contributed by atoms with Gasteiger partial charge in [0.2, 0.25) is 0 Å². The molecule has 0 rings (SSSR count). The molecule has 68 valence electrons. The second-order valence-electron chi connectivity index (χ2n) is 2.97. The normalized spacial score (nSPS) is 16.9. The van der Waals surface area contributed by atoms with E-state index in [0.29, 0.717) is 12.1 Å². The third kappa shape index (κ3) is 4.09. The number of hydrogen-bond donors (Lipinski definition) is 0. The number of alkyl halides is 1. The largest absolute Gasteiger partial charge is 0.383 e. The Morgan fingerprint density at radius 3 is 2.27 bits per heavy atom. The van der Waals surface area contributed by atoms with Crippen molar-refractivity contribution in [3.63, 3.8) is 0 Å². The summed E-state index contributed by atoms with van der Waals surface area (Å²) in [5.41, 5.74) is 0. The Morgan fingerprint density at radius 2 is 1.91 bits per heavy atom. The van der Waals surface area contributed by atoms with Gasteiger partial charge in [-0.2, -0.15) is 0 Å². The van der Waals surface area contributed by atoms with Crippen LogP contribution in [-0.2, 0) is 4.74 Å². The van der Waals surface area contributed by atoms with Crippen LogP contribution in [0.2, 0.25) is 0 Å². The lowest BCUT2D eigenvalue weighted by atomic mass is 10.2. The van der Waals surface area contributed by atoms with Crippen LogP contribution in [0.25, 0.3) is 0 Å². The zero-order chi connectivity index (χ0) is 8.85. The Hall–Kier alpha value is 0.400. The highest BCUT2D eigenvalue weighted by Crippen LogP contribution is 2.04. The van der Waals surface area contributed by atoms with Crippen LogP contribution in [0.3, 0.4) is 0 Å². The maximum Gasteiger partial charge on any atom is 0.0615 e. The number of ether oxygens (including phenoxy) is 1. The first-order chi connectivity index (χ1) is 5.13. The predicted octanol–water partition coefficient (Wildman–Crippen LogP) is 1.74. The van der Waals surface area contributed by atoms with Crippen LogP contribution < -0.4 is 0 Å². The molecule has 0 aromatic carbocycles. The smallest absolute Gasteiger partial charge is 0.0615 e. The fourth-order valence-electron chi connectivity index (χ4n) is 0.902. The summed E-state index contributed by atoms with van der Waals surface area (Å²) in [4.78, 5) is 2.30. The second-order valence-corrected chi connectivity index (χ2v) is 3.62. The van der Waals surface area contributed by atoms with E-state index in [2.05, 4.69) is 41.7 Å². The quantitative estimate of drug-likeness (QED) is 0.659. The Bertz CT molecular complexity index is 100. The highest BCUT2D eigenvalue weighted by molar-refractivity contribution is 9.09. The summed E-state index contributed by atoms with van der Waals surface area (Å²) < 4.78 is 5.06. The molecule has 0 spiro atoms. The molecule has 11 heavy (non-hydrogen) atoms. The average molecular weight is 224 g/mol. The summed E-state index contributed by atoms with van der Waals surface area (Å²) >= 11 is 3.45. The molecular formula is C8H18BrNO. The summed E-state index contributed by atoms with van der Waals surface area (Å²) in [6.45, 7) is 5.16. The topological polar surface area (TPSA) is 12.5 Å². The molecule has 0 saturated heterocycles. The maximum atomic E-state index is 5.06. The molecule has 2 nitrogen and oxygen atoms in total. The van der Waals surface area contributed by atoms with Crippen LogP contribution in [0.1, 0.15) is 13.8 Å². The Balaban J connectivity index is 3.70. The van der Waals surface area contributed by atoms with Crippen molar-refractivity contribution in [2.24, 2.45) is 0 Å². The number of rotatable bonds is 5. The fraction of sp³-hybridized carbons (Fsp3) is 1.00. The molecule has 2 atom stereocenters. The van der Waals surface area contributed by atoms with Crippen LogP contribution in [0.4, 0.5) is 0 Å². The molecule has 3 heteroatoms. The minimum atomic E-state index is 0.493. The lowest BCUT2D eigenvalue weighted by molar-refractivity contribution is 0.1000. The standard InChI is InChI=1S/C8H18BrNO/c1-7(5-9)10(3)8(2)6-11-4/h7-8H,5-6H2,1-4H3. The molecule has 0 aliphatic heterocycles. The van der Waals surface area contributed by atoms with Gasteiger partial charge in [-0.25, -0.2) is 0 Å². The van der Waals surface area contributed by atoms with E-state index in [9.17, 15) is 0 Å². The van der Waals surface area contributed by atoms with E-state index in [-0.39, 0.29) is 0 Å². The Kier molecular flexibility index (Phi) is 6.19. The molecule has 0 heterocycles. The van der Waals surface area contributed by atoms with Crippen LogP contribution in [0.15, 0.2) is 0 Å². The maximum absolute atomic E-state index is 5.06. The summed E-state index contributed by atoms with van der Waals surface area (Å²) in [7, 11) is 3.86. The molecule has 0 amide bonds. The van der Waals surface area contributed by atoms with Crippen molar-refractivity contribution in [2.75, 3.05) is 26.1 Å². The van der Waals surface area contributed by atoms with Gasteiger partial charge in [-0.15, -0.1) is 0 Å². The van der Waals surface area contributed by atoms with E-state index in [1.54, 1.807) is 7.11 Å². The third-order valence-corrected chi connectivity index (χ3v) is 2.96. The van der Waals surface area contributed by atoms with Crippen molar-refractivity contribution in [1.29, 1.82) is 0 Å². The molecule has 0 aliphatic carbocycles. The third-order valence-electron chi connectivity index (χ3n) is 2.02. The molecule has 0 aromatic heterocycles. The number of methoxy groups -OCH3 is 1. The van der Waals surface area contributed by atoms with Gasteiger partial charge < -0.3 is 4.74 Å². The van der Waals surface area contributed by atoms with Crippen molar-refractivity contribution in [3.05, 3.63) is 0 Å². The summed E-state index contributed by atoms with van der Waals surface area (Å²) in [5, 5.41) is 1.01. The highest BCUT2D eigenvalue weighted by Gasteiger charge is 2.13. The lowest BCUT2D eigenvalue weighted by Crippen LogP contribution is -2.40. The summed E-state index contributed by atoms with van der Waals surface area (Å²) in [5.74, 6) is 0. The van der Waals surface area contributed by atoms with E-state index >= 15 is 0 Å². The Morgan fingerprint density at radius 1 is 1.36 bits per heavy atom. The van der Waals surface area contributed by atoms with E-state index in [1.165, 1.54) is 0 Å². The second kappa shape index (κ2) is 5.98. The van der Waals surface area contributed by atoms with Crippen molar-refractivity contribution in [1.82, 2.24) is 4.90 Å². The van der Waals surface area contributed by atoms with Gasteiger partial charge in [0.05, 0.1) is 6.61 Å². The average Bonchev–Trinajstić information content (AvgIpc) is 2.02. The van der Waals surface area contributed by atoms with E-state index < -0.39 is 0 Å². The van der Waals surface area contributed by atoms with Crippen LogP contribution in [0.5, 0.6) is 0 Å². The zero-order valence-corrected chi connectivity index (χ0v) is 9.39. The van der Waals surface area contributed by atoms with Crippen LogP contribution >= 0.6 is 15.9 Å². The number of hydrogen-bond acceptors (Lipinski definition) is 2.